The van der Waals surface area contributed by atoms with Crippen molar-refractivity contribution in [2.45, 2.75) is 32.6 Å². The molecule has 0 aliphatic carbocycles. The summed E-state index contributed by atoms with van der Waals surface area (Å²) in [4.78, 5) is 2.32. The van der Waals surface area contributed by atoms with Crippen molar-refractivity contribution in [2.75, 3.05) is 36.8 Å². The molecular formula is C22H30N2O2S. The van der Waals surface area contributed by atoms with Gasteiger partial charge in [-0.15, -0.1) is 0 Å². The molecule has 5 heteroatoms. The Kier molecular flexibility index (Phi) is 5.92. The van der Waals surface area contributed by atoms with E-state index in [0.717, 1.165) is 18.7 Å². The molecule has 1 aliphatic rings. The van der Waals surface area contributed by atoms with Gasteiger partial charge in [0.1, 0.15) is 0 Å². The predicted molar refractivity (Wildman–Crippen MR) is 113 cm³/mol. The number of anilines is 1. The number of rotatable bonds is 5. The highest BCUT2D eigenvalue weighted by Gasteiger charge is 2.28. The number of para-hydroxylation sites is 1. The molecule has 1 heterocycles. The van der Waals surface area contributed by atoms with Crippen molar-refractivity contribution >= 4 is 15.7 Å². The van der Waals surface area contributed by atoms with E-state index >= 15 is 0 Å². The first kappa shape index (κ1) is 19.9. The molecule has 0 radical (unpaired) electrons. The standard InChI is InChI=1S/C22H30N2O2S/c1-22(2,3)20-11-7-8-12-21(20)23-14-16-24(17-15-23)27(25,26)18-13-19-9-5-4-6-10-19/h4-12H,13-18H2,1-3H3. The first-order chi connectivity index (χ1) is 12.8. The average molecular weight is 387 g/mol. The number of hydrogen-bond donors (Lipinski definition) is 0. The van der Waals surface area contributed by atoms with E-state index in [1.807, 2.05) is 30.3 Å². The highest BCUT2D eigenvalue weighted by molar-refractivity contribution is 7.89. The molecular weight excluding hydrogens is 356 g/mol. The molecule has 0 unspecified atom stereocenters. The van der Waals surface area contributed by atoms with Crippen molar-refractivity contribution in [1.82, 2.24) is 4.31 Å². The third kappa shape index (κ3) is 4.90. The van der Waals surface area contributed by atoms with Crippen molar-refractivity contribution in [3.05, 3.63) is 65.7 Å². The molecule has 0 bridgehead atoms. The van der Waals surface area contributed by atoms with E-state index in [-0.39, 0.29) is 11.2 Å². The van der Waals surface area contributed by atoms with Gasteiger partial charge in [-0.2, -0.15) is 4.31 Å². The summed E-state index contributed by atoms with van der Waals surface area (Å²) in [5.74, 6) is 0.176. The normalized spacial score (nSPS) is 16.5. The highest BCUT2D eigenvalue weighted by Crippen LogP contribution is 2.32. The molecule has 3 rings (SSSR count). The summed E-state index contributed by atoms with van der Waals surface area (Å²) in [6.07, 6.45) is 0.566. The quantitative estimate of drug-likeness (QED) is 0.787. The van der Waals surface area contributed by atoms with Crippen molar-refractivity contribution < 1.29 is 8.42 Å². The van der Waals surface area contributed by atoms with Crippen LogP contribution >= 0.6 is 0 Å². The Morgan fingerprint density at radius 3 is 2.07 bits per heavy atom. The van der Waals surface area contributed by atoms with Gasteiger partial charge in [-0.3, -0.25) is 0 Å². The molecule has 0 N–H and O–H groups in total. The Bertz CT molecular complexity index is 849. The Labute approximate surface area is 163 Å². The van der Waals surface area contributed by atoms with E-state index < -0.39 is 10.0 Å². The summed E-state index contributed by atoms with van der Waals surface area (Å²) in [6, 6.07) is 18.3. The zero-order valence-corrected chi connectivity index (χ0v) is 17.4. The van der Waals surface area contributed by atoms with Gasteiger partial charge in [-0.1, -0.05) is 69.3 Å². The predicted octanol–water partition coefficient (Wildman–Crippen LogP) is 3.68. The van der Waals surface area contributed by atoms with E-state index in [0.29, 0.717) is 19.5 Å². The van der Waals surface area contributed by atoms with E-state index in [9.17, 15) is 8.42 Å². The maximum Gasteiger partial charge on any atom is 0.214 e. The van der Waals surface area contributed by atoms with Crippen molar-refractivity contribution in [2.24, 2.45) is 0 Å². The second kappa shape index (κ2) is 8.03. The number of benzene rings is 2. The monoisotopic (exact) mass is 386 g/mol. The molecule has 146 valence electrons. The van der Waals surface area contributed by atoms with Crippen LogP contribution in [0.1, 0.15) is 31.9 Å². The molecule has 2 aromatic carbocycles. The maximum absolute atomic E-state index is 12.7. The van der Waals surface area contributed by atoms with E-state index in [1.54, 1.807) is 4.31 Å². The third-order valence-corrected chi connectivity index (χ3v) is 7.05. The van der Waals surface area contributed by atoms with Crippen LogP contribution in [0.5, 0.6) is 0 Å². The topological polar surface area (TPSA) is 40.6 Å². The van der Waals surface area contributed by atoms with Crippen LogP contribution in [0.25, 0.3) is 0 Å². The smallest absolute Gasteiger partial charge is 0.214 e. The molecule has 0 saturated carbocycles. The number of hydrogen-bond acceptors (Lipinski definition) is 3. The van der Waals surface area contributed by atoms with Crippen LogP contribution in [0.4, 0.5) is 5.69 Å². The zero-order valence-electron chi connectivity index (χ0n) is 16.6. The fraction of sp³-hybridized carbons (Fsp3) is 0.455. The lowest BCUT2D eigenvalue weighted by molar-refractivity contribution is 0.384. The summed E-state index contributed by atoms with van der Waals surface area (Å²) >= 11 is 0. The molecule has 0 amide bonds. The molecule has 1 fully saturated rings. The first-order valence-corrected chi connectivity index (χ1v) is 11.2. The molecule has 0 aromatic heterocycles. The second-order valence-electron chi connectivity index (χ2n) is 8.20. The van der Waals surface area contributed by atoms with E-state index in [1.165, 1.54) is 11.3 Å². The molecule has 2 aromatic rings. The molecule has 27 heavy (non-hydrogen) atoms. The third-order valence-electron chi connectivity index (χ3n) is 5.18. The Morgan fingerprint density at radius 2 is 1.44 bits per heavy atom. The van der Waals surface area contributed by atoms with Crippen molar-refractivity contribution in [3.63, 3.8) is 0 Å². The van der Waals surface area contributed by atoms with Crippen LogP contribution in [0.2, 0.25) is 0 Å². The first-order valence-electron chi connectivity index (χ1n) is 9.63. The second-order valence-corrected chi connectivity index (χ2v) is 10.3. The fourth-order valence-corrected chi connectivity index (χ4v) is 5.08. The lowest BCUT2D eigenvalue weighted by Crippen LogP contribution is -2.49. The van der Waals surface area contributed by atoms with Gasteiger partial charge in [0.25, 0.3) is 0 Å². The molecule has 1 aliphatic heterocycles. The van der Waals surface area contributed by atoms with Gasteiger partial charge >= 0.3 is 0 Å². The van der Waals surface area contributed by atoms with E-state index in [4.69, 9.17) is 0 Å². The minimum Gasteiger partial charge on any atom is -0.369 e. The number of aryl methyl sites for hydroxylation is 1. The van der Waals surface area contributed by atoms with Crippen LogP contribution in [-0.4, -0.2) is 44.7 Å². The van der Waals surface area contributed by atoms with Gasteiger partial charge in [0.2, 0.25) is 10.0 Å². The molecule has 0 atom stereocenters. The van der Waals surface area contributed by atoms with Gasteiger partial charge in [-0.25, -0.2) is 8.42 Å². The summed E-state index contributed by atoms with van der Waals surface area (Å²) in [7, 11) is -3.22. The summed E-state index contributed by atoms with van der Waals surface area (Å²) in [6.45, 7) is 9.23. The van der Waals surface area contributed by atoms with Gasteiger partial charge in [-0.05, 0) is 29.0 Å². The average Bonchev–Trinajstić information content (AvgIpc) is 2.67. The Balaban J connectivity index is 1.64. The largest absolute Gasteiger partial charge is 0.369 e. The summed E-state index contributed by atoms with van der Waals surface area (Å²) in [5, 5.41) is 0. The highest BCUT2D eigenvalue weighted by atomic mass is 32.2. The lowest BCUT2D eigenvalue weighted by Gasteiger charge is -2.38. The van der Waals surface area contributed by atoms with Gasteiger partial charge < -0.3 is 4.90 Å². The van der Waals surface area contributed by atoms with Crippen LogP contribution in [-0.2, 0) is 21.9 Å². The van der Waals surface area contributed by atoms with Crippen molar-refractivity contribution in [3.8, 4) is 0 Å². The fourth-order valence-electron chi connectivity index (χ4n) is 3.61. The summed E-state index contributed by atoms with van der Waals surface area (Å²) < 4.78 is 27.1. The van der Waals surface area contributed by atoms with Crippen LogP contribution in [0, 0.1) is 0 Å². The molecule has 1 saturated heterocycles. The van der Waals surface area contributed by atoms with Crippen LogP contribution in [0.15, 0.2) is 54.6 Å². The van der Waals surface area contributed by atoms with Crippen LogP contribution < -0.4 is 4.90 Å². The Hall–Kier alpha value is -1.85. The number of nitrogens with zero attached hydrogens (tertiary/aromatic N) is 2. The van der Waals surface area contributed by atoms with Gasteiger partial charge in [0.05, 0.1) is 5.75 Å². The summed E-state index contributed by atoms with van der Waals surface area (Å²) in [5.41, 5.74) is 3.67. The minimum atomic E-state index is -3.22. The SMILES string of the molecule is CC(C)(C)c1ccccc1N1CCN(S(=O)(=O)CCc2ccccc2)CC1. The Morgan fingerprint density at radius 1 is 0.852 bits per heavy atom. The van der Waals surface area contributed by atoms with Crippen molar-refractivity contribution in [1.29, 1.82) is 0 Å². The number of sulfonamides is 1. The van der Waals surface area contributed by atoms with Gasteiger partial charge in [0, 0.05) is 31.9 Å². The van der Waals surface area contributed by atoms with E-state index in [2.05, 4.69) is 49.9 Å². The number of piperazine rings is 1. The maximum atomic E-state index is 12.7. The zero-order chi connectivity index (χ0) is 19.5. The minimum absolute atomic E-state index is 0.0650. The lowest BCUT2D eigenvalue weighted by atomic mass is 9.85. The molecule has 4 nitrogen and oxygen atoms in total. The van der Waals surface area contributed by atoms with Gasteiger partial charge in [0.15, 0.2) is 0 Å². The van der Waals surface area contributed by atoms with Crippen LogP contribution in [0.3, 0.4) is 0 Å². The molecule has 0 spiro atoms.